The van der Waals surface area contributed by atoms with Crippen LogP contribution in [-0.4, -0.2) is 44.6 Å². The summed E-state index contributed by atoms with van der Waals surface area (Å²) in [5.74, 6) is -0.559. The fourth-order valence-electron chi connectivity index (χ4n) is 3.97. The number of nitrogens with zero attached hydrogens (tertiary/aromatic N) is 1. The number of nitrogens with two attached hydrogens (primary N) is 1. The van der Waals surface area contributed by atoms with Crippen LogP contribution in [0.1, 0.15) is 41.3 Å². The van der Waals surface area contributed by atoms with E-state index in [2.05, 4.69) is 10.2 Å². The molecule has 1 heterocycles. The van der Waals surface area contributed by atoms with Crippen LogP contribution in [0.4, 0.5) is 4.39 Å². The zero-order valence-corrected chi connectivity index (χ0v) is 19.7. The van der Waals surface area contributed by atoms with Gasteiger partial charge in [-0.25, -0.2) is 12.8 Å². The molecular weight excluding hydrogens is 453 g/mol. The first kappa shape index (κ1) is 24.6. The van der Waals surface area contributed by atoms with E-state index in [1.54, 1.807) is 19.1 Å². The molecule has 3 rings (SSSR count). The first-order valence-electron chi connectivity index (χ1n) is 10.7. The lowest BCUT2D eigenvalue weighted by molar-refractivity contribution is 0.0950. The van der Waals surface area contributed by atoms with Crippen LogP contribution in [0.3, 0.4) is 0 Å². The second-order valence-electron chi connectivity index (χ2n) is 8.12. The molecule has 0 aromatic heterocycles. The lowest BCUT2D eigenvalue weighted by Gasteiger charge is -2.32. The molecule has 6 nitrogen and oxygen atoms in total. The standard InChI is InChI=1S/C23H29ClFN3O3S/c1-2-32(30,31)22-8-7-20(24)10-19(22)13-27-23(29)17-5-6-18(21(25)11-17)15-28-9-3-4-16(12-26)14-28/h5-8,10-11,16H,2-4,9,12-15,26H2,1H3,(H,27,29)/t16-/m0/s1. The van der Waals surface area contributed by atoms with Crippen LogP contribution in [0.2, 0.25) is 5.02 Å². The van der Waals surface area contributed by atoms with E-state index in [4.69, 9.17) is 17.3 Å². The maximum atomic E-state index is 14.7. The van der Waals surface area contributed by atoms with Crippen LogP contribution < -0.4 is 11.1 Å². The second kappa shape index (κ2) is 10.7. The monoisotopic (exact) mass is 481 g/mol. The van der Waals surface area contributed by atoms with Crippen LogP contribution in [0.5, 0.6) is 0 Å². The molecule has 32 heavy (non-hydrogen) atoms. The van der Waals surface area contributed by atoms with Crippen LogP contribution in [-0.2, 0) is 22.9 Å². The van der Waals surface area contributed by atoms with E-state index in [-0.39, 0.29) is 22.8 Å². The lowest BCUT2D eigenvalue weighted by Crippen LogP contribution is -2.38. The van der Waals surface area contributed by atoms with E-state index in [0.29, 0.717) is 35.2 Å². The van der Waals surface area contributed by atoms with Crippen molar-refractivity contribution in [3.8, 4) is 0 Å². The predicted molar refractivity (Wildman–Crippen MR) is 124 cm³/mol. The van der Waals surface area contributed by atoms with Crippen molar-refractivity contribution in [1.29, 1.82) is 0 Å². The minimum absolute atomic E-state index is 0.0361. The molecule has 1 amide bonds. The predicted octanol–water partition coefficient (Wildman–Crippen LogP) is 3.37. The summed E-state index contributed by atoms with van der Waals surface area (Å²) in [4.78, 5) is 14.9. The molecule has 2 aromatic carbocycles. The highest BCUT2D eigenvalue weighted by molar-refractivity contribution is 7.91. The molecule has 1 aliphatic heterocycles. The summed E-state index contributed by atoms with van der Waals surface area (Å²) in [6.45, 7) is 4.38. The summed E-state index contributed by atoms with van der Waals surface area (Å²) in [5, 5.41) is 3.04. The molecule has 2 aromatic rings. The summed E-state index contributed by atoms with van der Waals surface area (Å²) in [5.41, 5.74) is 6.87. The Balaban J connectivity index is 1.68. The topological polar surface area (TPSA) is 92.5 Å². The first-order chi connectivity index (χ1) is 15.2. The average Bonchev–Trinajstić information content (AvgIpc) is 2.78. The molecule has 0 saturated carbocycles. The Bertz CT molecular complexity index is 1080. The summed E-state index contributed by atoms with van der Waals surface area (Å²) < 4.78 is 39.3. The molecule has 174 valence electrons. The number of sulfone groups is 1. The minimum Gasteiger partial charge on any atom is -0.348 e. The van der Waals surface area contributed by atoms with Crippen LogP contribution in [0, 0.1) is 11.7 Å². The van der Waals surface area contributed by atoms with Gasteiger partial charge in [0, 0.05) is 35.8 Å². The maximum Gasteiger partial charge on any atom is 0.251 e. The number of benzene rings is 2. The van der Waals surface area contributed by atoms with E-state index >= 15 is 0 Å². The van der Waals surface area contributed by atoms with Gasteiger partial charge in [0.15, 0.2) is 9.84 Å². The molecule has 1 fully saturated rings. The number of likely N-dealkylation sites (tertiary alicyclic amines) is 1. The summed E-state index contributed by atoms with van der Waals surface area (Å²) in [7, 11) is -3.47. The van der Waals surface area contributed by atoms with Gasteiger partial charge in [-0.15, -0.1) is 0 Å². The van der Waals surface area contributed by atoms with Gasteiger partial charge in [0.25, 0.3) is 5.91 Å². The van der Waals surface area contributed by atoms with Gasteiger partial charge in [-0.1, -0.05) is 24.6 Å². The number of rotatable bonds is 8. The Labute approximate surface area is 193 Å². The van der Waals surface area contributed by atoms with Crippen LogP contribution in [0.15, 0.2) is 41.3 Å². The normalized spacial score (nSPS) is 17.3. The summed E-state index contributed by atoms with van der Waals surface area (Å²) in [6.07, 6.45) is 2.14. The molecule has 1 aliphatic rings. The van der Waals surface area contributed by atoms with Gasteiger partial charge in [-0.3, -0.25) is 9.69 Å². The third-order valence-corrected chi connectivity index (χ3v) is 7.89. The molecule has 0 unspecified atom stereocenters. The van der Waals surface area contributed by atoms with E-state index in [9.17, 15) is 17.6 Å². The van der Waals surface area contributed by atoms with E-state index in [1.807, 2.05) is 0 Å². The molecular formula is C23H29ClFN3O3S. The molecule has 9 heteroatoms. The summed E-state index contributed by atoms with van der Waals surface area (Å²) >= 11 is 6.01. The van der Waals surface area contributed by atoms with Gasteiger partial charge in [-0.2, -0.15) is 0 Å². The Morgan fingerprint density at radius 1 is 1.25 bits per heavy atom. The molecule has 0 bridgehead atoms. The van der Waals surface area contributed by atoms with Crippen LogP contribution in [0.25, 0.3) is 0 Å². The highest BCUT2D eigenvalue weighted by atomic mass is 35.5. The average molecular weight is 482 g/mol. The number of carbonyl (C=O) groups excluding carboxylic acids is 1. The number of nitrogens with one attached hydrogen (secondary N) is 1. The number of halogens is 2. The van der Waals surface area contributed by atoms with E-state index < -0.39 is 21.6 Å². The SMILES string of the molecule is CCS(=O)(=O)c1ccc(Cl)cc1CNC(=O)c1ccc(CN2CCC[C@@H](CN)C2)c(F)c1. The molecule has 1 atom stereocenters. The van der Waals surface area contributed by atoms with Gasteiger partial charge in [0.05, 0.1) is 10.6 Å². The van der Waals surface area contributed by atoms with Gasteiger partial charge < -0.3 is 11.1 Å². The van der Waals surface area contributed by atoms with Crippen molar-refractivity contribution in [2.45, 2.75) is 37.8 Å². The third-order valence-electron chi connectivity index (χ3n) is 5.82. The second-order valence-corrected chi connectivity index (χ2v) is 10.8. The summed E-state index contributed by atoms with van der Waals surface area (Å²) in [6, 6.07) is 8.88. The Hall–Kier alpha value is -2.00. The highest BCUT2D eigenvalue weighted by Gasteiger charge is 2.21. The quantitative estimate of drug-likeness (QED) is 0.603. The third kappa shape index (κ3) is 6.07. The van der Waals surface area contributed by atoms with Gasteiger partial charge in [0.2, 0.25) is 0 Å². The molecule has 0 aliphatic carbocycles. The molecule has 1 saturated heterocycles. The minimum atomic E-state index is -3.47. The van der Waals surface area contributed by atoms with E-state index in [1.165, 1.54) is 24.3 Å². The van der Waals surface area contributed by atoms with Crippen molar-refractivity contribution in [3.05, 3.63) is 63.9 Å². The van der Waals surface area contributed by atoms with Crippen molar-refractivity contribution >= 4 is 27.3 Å². The molecule has 0 radical (unpaired) electrons. The van der Waals surface area contributed by atoms with Gasteiger partial charge >= 0.3 is 0 Å². The maximum absolute atomic E-state index is 14.7. The largest absolute Gasteiger partial charge is 0.348 e. The van der Waals surface area contributed by atoms with E-state index in [0.717, 1.165) is 25.9 Å². The fraction of sp³-hybridized carbons (Fsp3) is 0.435. The zero-order chi connectivity index (χ0) is 23.3. The number of piperidine rings is 1. The molecule has 0 spiro atoms. The van der Waals surface area contributed by atoms with Crippen molar-refractivity contribution < 1.29 is 17.6 Å². The number of hydrogen-bond acceptors (Lipinski definition) is 5. The van der Waals surface area contributed by atoms with Crippen molar-refractivity contribution in [2.24, 2.45) is 11.7 Å². The van der Waals surface area contributed by atoms with Crippen LogP contribution >= 0.6 is 11.6 Å². The van der Waals surface area contributed by atoms with Crippen molar-refractivity contribution in [3.63, 3.8) is 0 Å². The zero-order valence-electron chi connectivity index (χ0n) is 18.1. The Kier molecular flexibility index (Phi) is 8.27. The van der Waals surface area contributed by atoms with Gasteiger partial charge in [0.1, 0.15) is 5.82 Å². The molecule has 3 N–H and O–H groups in total. The van der Waals surface area contributed by atoms with Crippen molar-refractivity contribution in [2.75, 3.05) is 25.4 Å². The number of hydrogen-bond donors (Lipinski definition) is 2. The van der Waals surface area contributed by atoms with Crippen molar-refractivity contribution in [1.82, 2.24) is 10.2 Å². The first-order valence-corrected chi connectivity index (χ1v) is 12.8. The Morgan fingerprint density at radius 3 is 2.72 bits per heavy atom. The number of amides is 1. The van der Waals surface area contributed by atoms with Gasteiger partial charge in [-0.05, 0) is 67.7 Å². The smallest absolute Gasteiger partial charge is 0.251 e. The highest BCUT2D eigenvalue weighted by Crippen LogP contribution is 2.22. The fourth-order valence-corrected chi connectivity index (χ4v) is 5.28. The Morgan fingerprint density at radius 2 is 2.03 bits per heavy atom. The number of carbonyl (C=O) groups is 1. The lowest BCUT2D eigenvalue weighted by atomic mass is 9.97.